The van der Waals surface area contributed by atoms with E-state index >= 15 is 0 Å². The molecule has 0 rings (SSSR count). The van der Waals surface area contributed by atoms with Gasteiger partial charge < -0.3 is 28.4 Å². The summed E-state index contributed by atoms with van der Waals surface area (Å²) in [5.41, 5.74) is -1.52. The number of esters is 6. The summed E-state index contributed by atoms with van der Waals surface area (Å²) in [6.07, 6.45) is 44.1. The molecule has 0 aliphatic carbocycles. The molecular formula is C64H118Br2O12. The molecule has 0 spiro atoms. The normalized spacial score (nSPS) is 12.1. The van der Waals surface area contributed by atoms with Gasteiger partial charge in [0.25, 0.3) is 0 Å². The minimum absolute atomic E-state index is 0.167. The lowest BCUT2D eigenvalue weighted by molar-refractivity contribution is -0.161. The zero-order valence-corrected chi connectivity index (χ0v) is 55.3. The largest absolute Gasteiger partial charge is 0.469 e. The van der Waals surface area contributed by atoms with Crippen LogP contribution in [0.1, 0.15) is 288 Å². The maximum Gasteiger partial charge on any atom is 0.332 e. The average Bonchev–Trinajstić information content (AvgIpc) is 3.39. The fourth-order valence-electron chi connectivity index (χ4n) is 8.60. The third-order valence-electron chi connectivity index (χ3n) is 13.2. The third-order valence-corrected chi connectivity index (χ3v) is 14.2. The van der Waals surface area contributed by atoms with Crippen molar-refractivity contribution in [2.75, 3.05) is 40.6 Å². The minimum Gasteiger partial charge on any atom is -0.469 e. The van der Waals surface area contributed by atoms with Crippen LogP contribution in [0.25, 0.3) is 0 Å². The number of ether oxygens (including phenoxy) is 6. The zero-order valence-electron chi connectivity index (χ0n) is 52.1. The number of hydrogen-bond donors (Lipinski definition) is 0. The molecule has 2 atom stereocenters. The average molecular weight is 1240 g/mol. The Morgan fingerprint density at radius 2 is 0.795 bits per heavy atom. The molecule has 12 nitrogen and oxygen atoms in total. The second-order valence-electron chi connectivity index (χ2n) is 22.1. The molecule has 0 radical (unpaired) electrons. The molecule has 460 valence electrons. The Kier molecular flexibility index (Phi) is 58.8. The lowest BCUT2D eigenvalue weighted by Gasteiger charge is -2.34. The standard InChI is InChI=1S/C32H59BrO6.C21H40O2.C6H11BrO2.C5H8O2/c1-7-9-10-11-12-13-14-15-16-17-18-19-20-21-22-23-24-39-28(34)27(33)25-32(5,30(36)37-6)26-31(3,4)29(35)38-8-2;1-3-5-6-7-8-9-10-11-12-13-14-15-16-17-18-19-20-23-21(22)4-2;1-4-9-5(8)6(2,3)7;1-4(2)5(6)7-3/h27H,7-26H2,1-6H3;4H,2-3,5-20H2,1H3;4H2,1-3H3;1H2,2-3H3/t27-,32-;;;/m0.../s1. The molecule has 0 aliphatic heterocycles. The van der Waals surface area contributed by atoms with Crippen molar-refractivity contribution in [3.05, 3.63) is 24.8 Å². The molecule has 14 heteroatoms. The van der Waals surface area contributed by atoms with Crippen molar-refractivity contribution in [3.63, 3.8) is 0 Å². The Bertz CT molecular complexity index is 1510. The molecule has 0 aromatic heterocycles. The van der Waals surface area contributed by atoms with Gasteiger partial charge in [-0.3, -0.25) is 19.2 Å². The molecule has 0 unspecified atom stereocenters. The number of methoxy groups -OCH3 is 2. The van der Waals surface area contributed by atoms with E-state index in [1.54, 1.807) is 55.4 Å². The highest BCUT2D eigenvalue weighted by Crippen LogP contribution is 2.41. The molecule has 0 fully saturated rings. The number of carbonyl (C=O) groups excluding carboxylic acids is 6. The quantitative estimate of drug-likeness (QED) is 0.0187. The Hall–Kier alpha value is -2.74. The van der Waals surface area contributed by atoms with E-state index in [-0.39, 0.29) is 49.3 Å². The first kappa shape index (κ1) is 81.7. The van der Waals surface area contributed by atoms with Gasteiger partial charge in [-0.05, 0) is 81.1 Å². The minimum atomic E-state index is -1.05. The van der Waals surface area contributed by atoms with Crippen molar-refractivity contribution in [1.29, 1.82) is 0 Å². The number of hydrogen-bond acceptors (Lipinski definition) is 12. The lowest BCUT2D eigenvalue weighted by Crippen LogP contribution is -2.41. The van der Waals surface area contributed by atoms with E-state index in [0.29, 0.717) is 25.4 Å². The predicted molar refractivity (Wildman–Crippen MR) is 330 cm³/mol. The van der Waals surface area contributed by atoms with Gasteiger partial charge in [-0.1, -0.05) is 251 Å². The summed E-state index contributed by atoms with van der Waals surface area (Å²) in [5.74, 6) is -2.09. The van der Waals surface area contributed by atoms with Gasteiger partial charge in [-0.15, -0.1) is 0 Å². The van der Waals surface area contributed by atoms with Crippen LogP contribution in [-0.2, 0) is 57.2 Å². The highest BCUT2D eigenvalue weighted by molar-refractivity contribution is 9.10. The summed E-state index contributed by atoms with van der Waals surface area (Å²) in [6.45, 7) is 26.8. The van der Waals surface area contributed by atoms with Crippen LogP contribution in [0, 0.1) is 10.8 Å². The van der Waals surface area contributed by atoms with Gasteiger partial charge in [-0.2, -0.15) is 0 Å². The van der Waals surface area contributed by atoms with Crippen LogP contribution in [0.2, 0.25) is 0 Å². The summed E-state index contributed by atoms with van der Waals surface area (Å²) in [7, 11) is 2.65. The SMILES string of the molecule is C=C(C)C(=O)OC.C=CC(=O)OCCCCCCCCCCCCCCCCCC.CCCCCCCCCCCCCCCCCCOC(=O)[C@@H](Br)C[C@@](C)(CC(C)(C)C(=O)OCC)C(=O)OC.CCOC(=O)C(C)(C)Br. The van der Waals surface area contributed by atoms with E-state index in [1.807, 2.05) is 0 Å². The molecule has 0 aromatic rings. The van der Waals surface area contributed by atoms with Gasteiger partial charge >= 0.3 is 35.8 Å². The van der Waals surface area contributed by atoms with Gasteiger partial charge in [0.1, 0.15) is 9.15 Å². The van der Waals surface area contributed by atoms with Crippen LogP contribution in [-0.4, -0.2) is 85.6 Å². The van der Waals surface area contributed by atoms with E-state index in [2.05, 4.69) is 63.6 Å². The van der Waals surface area contributed by atoms with Crippen molar-refractivity contribution in [3.8, 4) is 0 Å². The van der Waals surface area contributed by atoms with Gasteiger partial charge in [0.15, 0.2) is 0 Å². The van der Waals surface area contributed by atoms with Crippen LogP contribution in [0.4, 0.5) is 0 Å². The van der Waals surface area contributed by atoms with Crippen molar-refractivity contribution in [1.82, 2.24) is 0 Å². The van der Waals surface area contributed by atoms with E-state index < -0.39 is 26.0 Å². The van der Waals surface area contributed by atoms with Crippen LogP contribution < -0.4 is 0 Å². The van der Waals surface area contributed by atoms with Crippen LogP contribution in [0.5, 0.6) is 0 Å². The van der Waals surface area contributed by atoms with Crippen molar-refractivity contribution >= 4 is 67.7 Å². The Morgan fingerprint density at radius 3 is 1.05 bits per heavy atom. The fourth-order valence-corrected chi connectivity index (χ4v) is 9.56. The van der Waals surface area contributed by atoms with Crippen LogP contribution in [0.15, 0.2) is 24.8 Å². The molecule has 78 heavy (non-hydrogen) atoms. The van der Waals surface area contributed by atoms with Crippen molar-refractivity contribution < 1.29 is 57.2 Å². The lowest BCUT2D eigenvalue weighted by atomic mass is 9.71. The molecule has 0 N–H and O–H groups in total. The van der Waals surface area contributed by atoms with E-state index in [4.69, 9.17) is 23.7 Å². The summed E-state index contributed by atoms with van der Waals surface area (Å²) in [6, 6.07) is 0. The smallest absolute Gasteiger partial charge is 0.332 e. The van der Waals surface area contributed by atoms with Crippen molar-refractivity contribution in [2.45, 2.75) is 297 Å². The highest BCUT2D eigenvalue weighted by Gasteiger charge is 2.45. The first-order valence-electron chi connectivity index (χ1n) is 30.5. The van der Waals surface area contributed by atoms with Gasteiger partial charge in [0.05, 0.1) is 51.5 Å². The fraction of sp³-hybridized carbons (Fsp3) is 0.844. The maximum absolute atomic E-state index is 12.6. The highest BCUT2D eigenvalue weighted by atomic mass is 79.9. The predicted octanol–water partition coefficient (Wildman–Crippen LogP) is 18.5. The molecular weight excluding hydrogens is 1120 g/mol. The molecule has 0 aromatic carbocycles. The molecule has 0 bridgehead atoms. The Labute approximate surface area is 495 Å². The van der Waals surface area contributed by atoms with Crippen LogP contribution >= 0.6 is 31.9 Å². The second-order valence-corrected chi connectivity index (χ2v) is 25.2. The van der Waals surface area contributed by atoms with E-state index in [1.165, 1.54) is 200 Å². The Balaban J connectivity index is -0.000000583. The molecule has 0 heterocycles. The van der Waals surface area contributed by atoms with E-state index in [9.17, 15) is 28.8 Å². The van der Waals surface area contributed by atoms with Gasteiger partial charge in [0, 0.05) is 11.6 Å². The van der Waals surface area contributed by atoms with Crippen molar-refractivity contribution in [2.24, 2.45) is 10.8 Å². The molecule has 0 aliphatic rings. The molecule has 0 saturated heterocycles. The van der Waals surface area contributed by atoms with Gasteiger partial charge in [0.2, 0.25) is 0 Å². The summed E-state index contributed by atoms with van der Waals surface area (Å²) in [4.78, 5) is 68.7. The number of halogens is 2. The maximum atomic E-state index is 12.6. The topological polar surface area (TPSA) is 158 Å². The number of rotatable bonds is 46. The number of carbonyl (C=O) groups is 6. The molecule has 0 saturated carbocycles. The zero-order chi connectivity index (χ0) is 59.9. The Morgan fingerprint density at radius 1 is 0.474 bits per heavy atom. The number of unbranched alkanes of at least 4 members (excludes halogenated alkanes) is 30. The number of alkyl halides is 2. The first-order valence-corrected chi connectivity index (χ1v) is 32.2. The van der Waals surface area contributed by atoms with Crippen LogP contribution in [0.3, 0.4) is 0 Å². The van der Waals surface area contributed by atoms with Gasteiger partial charge in [-0.25, -0.2) is 9.59 Å². The summed E-state index contributed by atoms with van der Waals surface area (Å²) in [5, 5.41) is 0. The summed E-state index contributed by atoms with van der Waals surface area (Å²) < 4.78 is 29.1. The first-order chi connectivity index (χ1) is 37.0. The van der Waals surface area contributed by atoms with E-state index in [0.717, 1.165) is 25.7 Å². The third kappa shape index (κ3) is 53.9. The summed E-state index contributed by atoms with van der Waals surface area (Å²) >= 11 is 6.57. The monoisotopic (exact) mass is 1240 g/mol. The second kappa shape index (κ2) is 56.1. The molecule has 0 amide bonds.